The molecule has 0 amide bonds. The third kappa shape index (κ3) is 3.32. The maximum absolute atomic E-state index is 13.8. The van der Waals surface area contributed by atoms with Crippen LogP contribution in [-0.2, 0) is 6.42 Å². The lowest BCUT2D eigenvalue weighted by Gasteiger charge is -2.07. The van der Waals surface area contributed by atoms with Crippen molar-refractivity contribution in [1.82, 2.24) is 9.97 Å². The number of nitrogens with zero attached hydrogens (tertiary/aromatic N) is 1. The van der Waals surface area contributed by atoms with Gasteiger partial charge in [-0.3, -0.25) is 0 Å². The molecule has 0 saturated heterocycles. The lowest BCUT2D eigenvalue weighted by Crippen LogP contribution is -2.03. The Hall–Kier alpha value is -3.67. The number of halogens is 1. The van der Waals surface area contributed by atoms with Crippen LogP contribution in [-0.4, -0.2) is 28.2 Å². The summed E-state index contributed by atoms with van der Waals surface area (Å²) in [4.78, 5) is 18.8. The number of rotatable bonds is 5. The Morgan fingerprint density at radius 1 is 1.14 bits per heavy atom. The SMILES string of the molecule is COc1ccc2c(Cc3cccc(C(=O)O)n3)c(-c3cccc(F)c3)[nH]c2c1. The predicted octanol–water partition coefficient (Wildman–Crippen LogP) is 4.67. The number of aromatic nitrogens is 2. The van der Waals surface area contributed by atoms with E-state index in [0.29, 0.717) is 23.4 Å². The van der Waals surface area contributed by atoms with E-state index in [2.05, 4.69) is 9.97 Å². The molecule has 4 aromatic rings. The van der Waals surface area contributed by atoms with Crippen molar-refractivity contribution >= 4 is 16.9 Å². The highest BCUT2D eigenvalue weighted by molar-refractivity contribution is 5.92. The lowest BCUT2D eigenvalue weighted by atomic mass is 10.0. The van der Waals surface area contributed by atoms with E-state index in [4.69, 9.17) is 4.74 Å². The van der Waals surface area contributed by atoms with Crippen LogP contribution in [0.15, 0.2) is 60.7 Å². The van der Waals surface area contributed by atoms with Crippen molar-refractivity contribution in [3.63, 3.8) is 0 Å². The van der Waals surface area contributed by atoms with Gasteiger partial charge in [-0.05, 0) is 42.0 Å². The van der Waals surface area contributed by atoms with Gasteiger partial charge in [-0.1, -0.05) is 18.2 Å². The molecule has 2 N–H and O–H groups in total. The Balaban J connectivity index is 1.88. The van der Waals surface area contributed by atoms with E-state index in [-0.39, 0.29) is 11.5 Å². The van der Waals surface area contributed by atoms with Gasteiger partial charge in [0.1, 0.15) is 17.3 Å². The van der Waals surface area contributed by atoms with Crippen molar-refractivity contribution in [2.75, 3.05) is 7.11 Å². The number of carboxylic acids is 1. The van der Waals surface area contributed by atoms with Crippen LogP contribution in [0.2, 0.25) is 0 Å². The van der Waals surface area contributed by atoms with Crippen molar-refractivity contribution in [2.24, 2.45) is 0 Å². The molecule has 0 saturated carbocycles. The molecule has 0 aliphatic heterocycles. The zero-order valence-corrected chi connectivity index (χ0v) is 15.1. The summed E-state index contributed by atoms with van der Waals surface area (Å²) in [5, 5.41) is 10.2. The third-order valence-electron chi connectivity index (χ3n) is 4.61. The second kappa shape index (κ2) is 7.15. The maximum Gasteiger partial charge on any atom is 0.354 e. The van der Waals surface area contributed by atoms with E-state index in [1.165, 1.54) is 18.2 Å². The highest BCUT2D eigenvalue weighted by atomic mass is 19.1. The number of carbonyl (C=O) groups is 1. The van der Waals surface area contributed by atoms with Crippen LogP contribution >= 0.6 is 0 Å². The van der Waals surface area contributed by atoms with E-state index in [0.717, 1.165) is 22.2 Å². The van der Waals surface area contributed by atoms with E-state index in [9.17, 15) is 14.3 Å². The van der Waals surface area contributed by atoms with E-state index in [1.54, 1.807) is 25.3 Å². The average molecular weight is 376 g/mol. The smallest absolute Gasteiger partial charge is 0.354 e. The van der Waals surface area contributed by atoms with Crippen LogP contribution < -0.4 is 4.74 Å². The average Bonchev–Trinajstić information content (AvgIpc) is 3.05. The number of H-pyrrole nitrogens is 1. The van der Waals surface area contributed by atoms with Crippen LogP contribution in [0.4, 0.5) is 4.39 Å². The third-order valence-corrected chi connectivity index (χ3v) is 4.61. The minimum absolute atomic E-state index is 0.00804. The predicted molar refractivity (Wildman–Crippen MR) is 104 cm³/mol. The molecule has 5 nitrogen and oxygen atoms in total. The van der Waals surface area contributed by atoms with Crippen LogP contribution in [0.5, 0.6) is 5.75 Å². The molecule has 28 heavy (non-hydrogen) atoms. The molecule has 0 aliphatic carbocycles. The maximum atomic E-state index is 13.8. The molecule has 0 radical (unpaired) electrons. The zero-order valence-electron chi connectivity index (χ0n) is 15.1. The van der Waals surface area contributed by atoms with E-state index in [1.807, 2.05) is 24.3 Å². The first-order chi connectivity index (χ1) is 13.5. The second-order valence-electron chi connectivity index (χ2n) is 6.40. The summed E-state index contributed by atoms with van der Waals surface area (Å²) >= 11 is 0. The summed E-state index contributed by atoms with van der Waals surface area (Å²) in [5.74, 6) is -0.696. The lowest BCUT2D eigenvalue weighted by molar-refractivity contribution is 0.0690. The molecular formula is C22H17FN2O3. The fourth-order valence-electron chi connectivity index (χ4n) is 3.31. The topological polar surface area (TPSA) is 75.2 Å². The van der Waals surface area contributed by atoms with Crippen molar-refractivity contribution in [1.29, 1.82) is 0 Å². The molecule has 2 aromatic carbocycles. The van der Waals surface area contributed by atoms with Gasteiger partial charge in [-0.15, -0.1) is 0 Å². The van der Waals surface area contributed by atoms with Crippen molar-refractivity contribution in [3.05, 3.63) is 83.4 Å². The molecule has 0 atom stereocenters. The second-order valence-corrected chi connectivity index (χ2v) is 6.40. The summed E-state index contributed by atoms with van der Waals surface area (Å²) in [6.07, 6.45) is 0.402. The molecule has 0 unspecified atom stereocenters. The number of pyridine rings is 1. The van der Waals surface area contributed by atoms with Gasteiger partial charge in [0.15, 0.2) is 0 Å². The molecule has 0 fully saturated rings. The number of ether oxygens (including phenoxy) is 1. The Bertz CT molecular complexity index is 1180. The molecule has 0 aliphatic rings. The van der Waals surface area contributed by atoms with Crippen molar-refractivity contribution in [3.8, 4) is 17.0 Å². The Morgan fingerprint density at radius 2 is 1.96 bits per heavy atom. The summed E-state index contributed by atoms with van der Waals surface area (Å²) in [5.41, 5.74) is 3.85. The molecule has 6 heteroatoms. The number of hydrogen-bond acceptors (Lipinski definition) is 3. The largest absolute Gasteiger partial charge is 0.497 e. The Morgan fingerprint density at radius 3 is 2.71 bits per heavy atom. The first kappa shape index (κ1) is 17.7. The van der Waals surface area contributed by atoms with Crippen LogP contribution in [0, 0.1) is 5.82 Å². The normalized spacial score (nSPS) is 10.9. The first-order valence-corrected chi connectivity index (χ1v) is 8.69. The zero-order chi connectivity index (χ0) is 19.7. The number of methoxy groups -OCH3 is 1. The number of carboxylic acid groups (broad SMARTS) is 1. The summed E-state index contributed by atoms with van der Waals surface area (Å²) < 4.78 is 19.1. The quantitative estimate of drug-likeness (QED) is 0.531. The minimum atomic E-state index is -1.07. The van der Waals surface area contributed by atoms with Gasteiger partial charge >= 0.3 is 5.97 Å². The highest BCUT2D eigenvalue weighted by Gasteiger charge is 2.16. The fraction of sp³-hybridized carbons (Fsp3) is 0.0909. The van der Waals surface area contributed by atoms with Crippen LogP contribution in [0.1, 0.15) is 21.7 Å². The fourth-order valence-corrected chi connectivity index (χ4v) is 3.31. The number of fused-ring (bicyclic) bond motifs is 1. The van der Waals surface area contributed by atoms with Crippen LogP contribution in [0.25, 0.3) is 22.2 Å². The number of aromatic carboxylic acids is 1. The van der Waals surface area contributed by atoms with Gasteiger partial charge in [0.2, 0.25) is 0 Å². The summed E-state index contributed by atoms with van der Waals surface area (Å²) in [7, 11) is 1.60. The number of hydrogen-bond donors (Lipinski definition) is 2. The molecule has 0 bridgehead atoms. The molecule has 2 aromatic heterocycles. The molecular weight excluding hydrogens is 359 g/mol. The number of aromatic amines is 1. The van der Waals surface area contributed by atoms with Gasteiger partial charge in [0.05, 0.1) is 12.8 Å². The van der Waals surface area contributed by atoms with Crippen molar-refractivity contribution in [2.45, 2.75) is 6.42 Å². The minimum Gasteiger partial charge on any atom is -0.497 e. The Kier molecular flexibility index (Phi) is 4.53. The standard InChI is InChI=1S/C22H17FN2O3/c1-28-16-8-9-17-18(11-15-6-3-7-19(24-15)22(26)27)21(25-20(17)12-16)13-4-2-5-14(23)10-13/h2-10,12,25H,11H2,1H3,(H,26,27). The monoisotopic (exact) mass is 376 g/mol. The van der Waals surface area contributed by atoms with Gasteiger partial charge in [0, 0.05) is 34.6 Å². The van der Waals surface area contributed by atoms with Gasteiger partial charge in [0.25, 0.3) is 0 Å². The molecule has 140 valence electrons. The molecule has 2 heterocycles. The van der Waals surface area contributed by atoms with E-state index < -0.39 is 5.97 Å². The summed E-state index contributed by atoms with van der Waals surface area (Å²) in [6.45, 7) is 0. The van der Waals surface area contributed by atoms with Gasteiger partial charge in [-0.2, -0.15) is 0 Å². The van der Waals surface area contributed by atoms with Gasteiger partial charge < -0.3 is 14.8 Å². The van der Waals surface area contributed by atoms with Crippen LogP contribution in [0.3, 0.4) is 0 Å². The highest BCUT2D eigenvalue weighted by Crippen LogP contribution is 2.34. The van der Waals surface area contributed by atoms with Gasteiger partial charge in [-0.25, -0.2) is 14.2 Å². The number of benzene rings is 2. The van der Waals surface area contributed by atoms with Crippen molar-refractivity contribution < 1.29 is 19.0 Å². The number of nitrogens with one attached hydrogen (secondary N) is 1. The summed E-state index contributed by atoms with van der Waals surface area (Å²) in [6, 6.07) is 16.9. The van der Waals surface area contributed by atoms with E-state index >= 15 is 0 Å². The molecule has 0 spiro atoms. The molecule has 4 rings (SSSR count). The Labute approximate surface area is 160 Å². The first-order valence-electron chi connectivity index (χ1n) is 8.69.